The van der Waals surface area contributed by atoms with Crippen molar-refractivity contribution in [3.8, 4) is 5.75 Å². The van der Waals surface area contributed by atoms with Gasteiger partial charge in [-0.3, -0.25) is 4.79 Å². The molecule has 0 radical (unpaired) electrons. The molecule has 1 rings (SSSR count). The first-order chi connectivity index (χ1) is 9.02. The molecule has 0 aromatic heterocycles. The van der Waals surface area contributed by atoms with Crippen molar-refractivity contribution in [3.05, 3.63) is 29.3 Å². The number of aromatic hydroxyl groups is 1. The van der Waals surface area contributed by atoms with Gasteiger partial charge in [0.25, 0.3) is 5.91 Å². The lowest BCUT2D eigenvalue weighted by molar-refractivity contribution is 0.0943. The number of nitrogens with one attached hydrogen (secondary N) is 2. The minimum atomic E-state index is -3.35. The summed E-state index contributed by atoms with van der Waals surface area (Å²) in [6, 6.07) is 4.68. The number of carbonyl (C=O) groups excluding carboxylic acids is 1. The van der Waals surface area contributed by atoms with Crippen molar-refractivity contribution in [2.24, 2.45) is 0 Å². The fourth-order valence-electron chi connectivity index (χ4n) is 1.80. The van der Waals surface area contributed by atoms with Gasteiger partial charge < -0.3 is 10.4 Å². The van der Waals surface area contributed by atoms with E-state index in [4.69, 9.17) is 0 Å². The molecule has 7 heteroatoms. The first-order valence-corrected chi connectivity index (χ1v) is 7.97. The zero-order chi connectivity index (χ0) is 15.6. The Morgan fingerprint density at radius 3 is 2.50 bits per heavy atom. The minimum Gasteiger partial charge on any atom is -0.508 e. The molecule has 0 saturated heterocycles. The summed E-state index contributed by atoms with van der Waals surface area (Å²) in [7, 11) is -3.35. The number of rotatable bonds is 5. The van der Waals surface area contributed by atoms with Crippen molar-refractivity contribution in [2.75, 3.05) is 12.8 Å². The Morgan fingerprint density at radius 2 is 1.95 bits per heavy atom. The van der Waals surface area contributed by atoms with Crippen molar-refractivity contribution in [2.45, 2.75) is 26.3 Å². The highest BCUT2D eigenvalue weighted by atomic mass is 32.2. The Hall–Kier alpha value is -1.60. The van der Waals surface area contributed by atoms with Crippen LogP contribution in [0.2, 0.25) is 0 Å². The number of phenols is 1. The number of hydrogen-bond donors (Lipinski definition) is 3. The van der Waals surface area contributed by atoms with E-state index in [2.05, 4.69) is 10.0 Å². The van der Waals surface area contributed by atoms with Gasteiger partial charge in [0.2, 0.25) is 10.0 Å². The highest BCUT2D eigenvalue weighted by Gasteiger charge is 2.23. The van der Waals surface area contributed by atoms with Gasteiger partial charge in [0.15, 0.2) is 0 Å². The predicted octanol–water partition coefficient (Wildman–Crippen LogP) is 0.758. The van der Waals surface area contributed by atoms with Crippen LogP contribution in [-0.2, 0) is 10.0 Å². The van der Waals surface area contributed by atoms with Gasteiger partial charge in [-0.1, -0.05) is 6.07 Å². The summed E-state index contributed by atoms with van der Waals surface area (Å²) in [5, 5.41) is 12.2. The smallest absolute Gasteiger partial charge is 0.251 e. The largest absolute Gasteiger partial charge is 0.508 e. The maximum absolute atomic E-state index is 12.0. The van der Waals surface area contributed by atoms with E-state index in [1.165, 1.54) is 6.07 Å². The molecule has 1 amide bonds. The highest BCUT2D eigenvalue weighted by Crippen LogP contribution is 2.19. The topological polar surface area (TPSA) is 95.5 Å². The summed E-state index contributed by atoms with van der Waals surface area (Å²) in [4.78, 5) is 12.0. The Kier molecular flexibility index (Phi) is 4.77. The lowest BCUT2D eigenvalue weighted by atomic mass is 10.1. The zero-order valence-corrected chi connectivity index (χ0v) is 12.8. The fraction of sp³-hybridized carbons (Fsp3) is 0.462. The molecular formula is C13H20N2O4S. The summed E-state index contributed by atoms with van der Waals surface area (Å²) >= 11 is 0. The van der Waals surface area contributed by atoms with E-state index in [0.29, 0.717) is 11.1 Å². The molecule has 0 aliphatic rings. The first-order valence-electron chi connectivity index (χ1n) is 6.07. The fourth-order valence-corrected chi connectivity index (χ4v) is 2.88. The maximum Gasteiger partial charge on any atom is 0.251 e. The number of sulfonamides is 1. The second-order valence-electron chi connectivity index (χ2n) is 5.39. The van der Waals surface area contributed by atoms with Gasteiger partial charge in [-0.15, -0.1) is 0 Å². The zero-order valence-electron chi connectivity index (χ0n) is 12.0. The number of phenolic OH excluding ortho intramolecular Hbond substituents is 1. The van der Waals surface area contributed by atoms with Gasteiger partial charge in [0.05, 0.1) is 6.26 Å². The SMILES string of the molecule is Cc1c(O)cccc1C(=O)NCC(C)(C)NS(C)(=O)=O. The van der Waals surface area contributed by atoms with Crippen LogP contribution in [0.25, 0.3) is 0 Å². The molecule has 1 aromatic carbocycles. The van der Waals surface area contributed by atoms with E-state index in [1.54, 1.807) is 32.9 Å². The highest BCUT2D eigenvalue weighted by molar-refractivity contribution is 7.88. The van der Waals surface area contributed by atoms with Crippen LogP contribution in [0.4, 0.5) is 0 Å². The molecule has 112 valence electrons. The van der Waals surface area contributed by atoms with Crippen LogP contribution in [0.5, 0.6) is 5.75 Å². The molecule has 3 N–H and O–H groups in total. The molecule has 0 heterocycles. The number of benzene rings is 1. The summed E-state index contributed by atoms with van der Waals surface area (Å²) in [5.74, 6) is -0.312. The lowest BCUT2D eigenvalue weighted by Gasteiger charge is -2.25. The molecule has 0 spiro atoms. The van der Waals surface area contributed by atoms with E-state index in [1.807, 2.05) is 0 Å². The van der Waals surface area contributed by atoms with Crippen molar-refractivity contribution >= 4 is 15.9 Å². The third kappa shape index (κ3) is 4.82. The van der Waals surface area contributed by atoms with Crippen molar-refractivity contribution in [1.82, 2.24) is 10.0 Å². The third-order valence-corrected chi connectivity index (χ3v) is 3.63. The molecule has 6 nitrogen and oxygen atoms in total. The van der Waals surface area contributed by atoms with Crippen molar-refractivity contribution in [1.29, 1.82) is 0 Å². The van der Waals surface area contributed by atoms with E-state index < -0.39 is 15.6 Å². The van der Waals surface area contributed by atoms with E-state index >= 15 is 0 Å². The summed E-state index contributed by atoms with van der Waals surface area (Å²) in [6.07, 6.45) is 1.07. The van der Waals surface area contributed by atoms with Crippen molar-refractivity contribution < 1.29 is 18.3 Å². The van der Waals surface area contributed by atoms with Gasteiger partial charge >= 0.3 is 0 Å². The molecule has 0 atom stereocenters. The summed E-state index contributed by atoms with van der Waals surface area (Å²) in [5.41, 5.74) is 0.0487. The van der Waals surface area contributed by atoms with Gasteiger partial charge in [0.1, 0.15) is 5.75 Å². The maximum atomic E-state index is 12.0. The average molecular weight is 300 g/mol. The van der Waals surface area contributed by atoms with Crippen LogP contribution in [-0.4, -0.2) is 37.8 Å². The molecule has 0 fully saturated rings. The number of carbonyl (C=O) groups is 1. The van der Waals surface area contributed by atoms with E-state index in [9.17, 15) is 18.3 Å². The van der Waals surface area contributed by atoms with Crippen LogP contribution in [0, 0.1) is 6.92 Å². The molecule has 0 aliphatic carbocycles. The van der Waals surface area contributed by atoms with Gasteiger partial charge in [0, 0.05) is 23.2 Å². The van der Waals surface area contributed by atoms with Crippen LogP contribution in [0.3, 0.4) is 0 Å². The molecule has 0 unspecified atom stereocenters. The Morgan fingerprint density at radius 1 is 1.35 bits per heavy atom. The molecule has 1 aromatic rings. The van der Waals surface area contributed by atoms with E-state index in [0.717, 1.165) is 6.26 Å². The predicted molar refractivity (Wildman–Crippen MR) is 77.2 cm³/mol. The molecule has 0 saturated carbocycles. The van der Waals surface area contributed by atoms with Gasteiger partial charge in [-0.05, 0) is 32.9 Å². The third-order valence-electron chi connectivity index (χ3n) is 2.70. The molecule has 20 heavy (non-hydrogen) atoms. The number of amides is 1. The van der Waals surface area contributed by atoms with Gasteiger partial charge in [-0.25, -0.2) is 13.1 Å². The minimum absolute atomic E-state index is 0.0474. The van der Waals surface area contributed by atoms with Crippen LogP contribution >= 0.6 is 0 Å². The Bertz CT molecular complexity index is 609. The van der Waals surface area contributed by atoms with E-state index in [-0.39, 0.29) is 18.2 Å². The van der Waals surface area contributed by atoms with Crippen LogP contribution in [0.1, 0.15) is 29.8 Å². The van der Waals surface area contributed by atoms with Crippen LogP contribution < -0.4 is 10.0 Å². The monoisotopic (exact) mass is 300 g/mol. The quantitative estimate of drug-likeness (QED) is 0.748. The average Bonchev–Trinajstić information content (AvgIpc) is 2.27. The summed E-state index contributed by atoms with van der Waals surface area (Å²) < 4.78 is 24.8. The first kappa shape index (κ1) is 16.5. The number of hydrogen-bond acceptors (Lipinski definition) is 4. The standard InChI is InChI=1S/C13H20N2O4S/c1-9-10(6-5-7-11(9)16)12(17)14-8-13(2,3)15-20(4,18)19/h5-7,15-16H,8H2,1-4H3,(H,14,17). The normalized spacial score (nSPS) is 12.2. The second-order valence-corrected chi connectivity index (χ2v) is 7.14. The lowest BCUT2D eigenvalue weighted by Crippen LogP contribution is -2.51. The Balaban J connectivity index is 2.75. The van der Waals surface area contributed by atoms with Crippen molar-refractivity contribution in [3.63, 3.8) is 0 Å². The summed E-state index contributed by atoms with van der Waals surface area (Å²) in [6.45, 7) is 5.12. The van der Waals surface area contributed by atoms with Crippen LogP contribution in [0.15, 0.2) is 18.2 Å². The molecular weight excluding hydrogens is 280 g/mol. The Labute approximate surface area is 119 Å². The van der Waals surface area contributed by atoms with Gasteiger partial charge in [-0.2, -0.15) is 0 Å². The second kappa shape index (κ2) is 5.80. The molecule has 0 bridgehead atoms. The molecule has 0 aliphatic heterocycles.